The minimum absolute atomic E-state index is 0.181. The Kier molecular flexibility index (Phi) is 9.45. The summed E-state index contributed by atoms with van der Waals surface area (Å²) in [4.78, 5) is 17.5. The van der Waals surface area contributed by atoms with Crippen molar-refractivity contribution in [2.24, 2.45) is 0 Å². The molecule has 3 heterocycles. The van der Waals surface area contributed by atoms with Crippen LogP contribution in [0.5, 0.6) is 0 Å². The number of nitrogens with one attached hydrogen (secondary N) is 2. The van der Waals surface area contributed by atoms with Gasteiger partial charge in [0.1, 0.15) is 0 Å². The lowest BCUT2D eigenvalue weighted by Gasteiger charge is -2.23. The summed E-state index contributed by atoms with van der Waals surface area (Å²) in [6.45, 7) is 3.17. The number of hydroxylamine groups is 1. The summed E-state index contributed by atoms with van der Waals surface area (Å²) >= 11 is 0. The van der Waals surface area contributed by atoms with Crippen LogP contribution in [-0.4, -0.2) is 57.0 Å². The number of benzene rings is 2. The topological polar surface area (TPSA) is 108 Å². The highest BCUT2D eigenvalue weighted by Crippen LogP contribution is 2.25. The van der Waals surface area contributed by atoms with E-state index >= 15 is 0 Å². The van der Waals surface area contributed by atoms with Crippen molar-refractivity contribution in [1.82, 2.24) is 14.8 Å². The van der Waals surface area contributed by atoms with Crippen molar-refractivity contribution in [3.63, 3.8) is 0 Å². The molecule has 3 aromatic rings. The number of carbonyl (C=O) groups is 1. The summed E-state index contributed by atoms with van der Waals surface area (Å²) < 4.78 is 39.0. The van der Waals surface area contributed by atoms with E-state index in [0.29, 0.717) is 12.2 Å². The fourth-order valence-corrected chi connectivity index (χ4v) is 5.98. The van der Waals surface area contributed by atoms with E-state index in [0.717, 1.165) is 66.9 Å². The number of morpholine rings is 1. The van der Waals surface area contributed by atoms with Crippen molar-refractivity contribution in [2.75, 3.05) is 26.3 Å². The summed E-state index contributed by atoms with van der Waals surface area (Å²) in [7, 11) is -3.82. The second-order valence-electron chi connectivity index (χ2n) is 9.95. The molecule has 10 heteroatoms. The number of hydrogen-bond donors (Lipinski definition) is 2. The monoisotopic (exact) mass is 565 g/mol. The number of aromatic nitrogens is 1. The number of amides is 1. The van der Waals surface area contributed by atoms with Crippen LogP contribution < -0.4 is 10.8 Å². The number of carbonyl (C=O) groups excluding carboxylic acids is 1. The zero-order valence-corrected chi connectivity index (χ0v) is 23.1. The number of nitrogens with zero attached hydrogens (tertiary/aromatic N) is 1. The molecule has 0 saturated carbocycles. The molecule has 1 amide bonds. The molecular formula is C30H35N3O6S. The second-order valence-corrected chi connectivity index (χ2v) is 11.8. The Bertz CT molecular complexity index is 1410. The molecule has 1 aromatic heterocycles. The van der Waals surface area contributed by atoms with Gasteiger partial charge in [-0.25, -0.2) is 22.7 Å². The molecule has 2 aliphatic heterocycles. The molecule has 9 nitrogen and oxygen atoms in total. The van der Waals surface area contributed by atoms with Gasteiger partial charge in [-0.15, -0.1) is 0 Å². The molecule has 2 N–H and O–H groups in total. The van der Waals surface area contributed by atoms with Crippen LogP contribution in [0.25, 0.3) is 17.2 Å². The van der Waals surface area contributed by atoms with E-state index in [-0.39, 0.29) is 11.0 Å². The van der Waals surface area contributed by atoms with Crippen molar-refractivity contribution in [1.29, 1.82) is 0 Å². The van der Waals surface area contributed by atoms with Crippen LogP contribution in [0, 0.1) is 0 Å². The van der Waals surface area contributed by atoms with Gasteiger partial charge in [-0.05, 0) is 72.2 Å². The standard InChI is InChI=1S/C30H35N3O6S/c34-29(32-39-30-6-1-2-18-38-30)14-10-24-15-17-33(22-24)40(35,36)28-5-3-4-26(20-28)25-11-7-23(8-12-25)9-13-27-21-31-16-19-37-27/h3-5,7-8,10-12,14-15,17,20,22,27,30-31H,1-2,6,9,13,16,18-19,21H2,(H,32,34). The molecule has 2 atom stereocenters. The Morgan fingerprint density at radius 3 is 2.73 bits per heavy atom. The molecule has 5 rings (SSSR count). The molecular weight excluding hydrogens is 530 g/mol. The Morgan fingerprint density at radius 1 is 1.07 bits per heavy atom. The number of aryl methyl sites for hydroxylation is 1. The zero-order chi connectivity index (χ0) is 27.8. The van der Waals surface area contributed by atoms with E-state index in [1.165, 1.54) is 30.1 Å². The van der Waals surface area contributed by atoms with E-state index in [4.69, 9.17) is 14.3 Å². The Hall–Kier alpha value is -3.28. The van der Waals surface area contributed by atoms with Gasteiger partial charge in [0.15, 0.2) is 6.29 Å². The number of hydrogen-bond acceptors (Lipinski definition) is 7. The van der Waals surface area contributed by atoms with Crippen LogP contribution in [0.4, 0.5) is 0 Å². The molecule has 212 valence electrons. The molecule has 40 heavy (non-hydrogen) atoms. The Labute approximate surface area is 235 Å². The highest BCUT2D eigenvalue weighted by molar-refractivity contribution is 7.90. The quantitative estimate of drug-likeness (QED) is 0.284. The third kappa shape index (κ3) is 7.47. The molecule has 0 bridgehead atoms. The van der Waals surface area contributed by atoms with E-state index in [9.17, 15) is 13.2 Å². The van der Waals surface area contributed by atoms with Crippen LogP contribution in [0.15, 0.2) is 78.0 Å². The average molecular weight is 566 g/mol. The van der Waals surface area contributed by atoms with Gasteiger partial charge in [0, 0.05) is 44.6 Å². The summed E-state index contributed by atoms with van der Waals surface area (Å²) in [5, 5.41) is 3.35. The molecule has 2 fully saturated rings. The van der Waals surface area contributed by atoms with Gasteiger partial charge in [-0.2, -0.15) is 0 Å². The molecule has 2 saturated heterocycles. The molecule has 2 aliphatic rings. The smallest absolute Gasteiger partial charge is 0.267 e. The van der Waals surface area contributed by atoms with Crippen molar-refractivity contribution in [3.05, 3.63) is 84.2 Å². The van der Waals surface area contributed by atoms with Gasteiger partial charge in [0.25, 0.3) is 15.9 Å². The predicted octanol–water partition coefficient (Wildman–Crippen LogP) is 3.90. The van der Waals surface area contributed by atoms with E-state index in [1.54, 1.807) is 24.3 Å². The van der Waals surface area contributed by atoms with Crippen LogP contribution in [0.1, 0.15) is 36.8 Å². The van der Waals surface area contributed by atoms with Crippen molar-refractivity contribution >= 4 is 22.0 Å². The van der Waals surface area contributed by atoms with Crippen LogP contribution >= 0.6 is 0 Å². The lowest BCUT2D eigenvalue weighted by Crippen LogP contribution is -2.38. The highest BCUT2D eigenvalue weighted by Gasteiger charge is 2.18. The van der Waals surface area contributed by atoms with Gasteiger partial charge in [0.2, 0.25) is 0 Å². The SMILES string of the molecule is O=C(C=Cc1ccn(S(=O)(=O)c2cccc(-c3ccc(CCC4CNCCO4)cc3)c2)c1)NOC1CCCCO1. The lowest BCUT2D eigenvalue weighted by atomic mass is 10.0. The lowest BCUT2D eigenvalue weighted by molar-refractivity contribution is -0.198. The zero-order valence-electron chi connectivity index (χ0n) is 22.3. The highest BCUT2D eigenvalue weighted by atomic mass is 32.2. The largest absolute Gasteiger partial charge is 0.376 e. The summed E-state index contributed by atoms with van der Waals surface area (Å²) in [6, 6.07) is 16.7. The first-order valence-corrected chi connectivity index (χ1v) is 15.1. The molecule has 2 unspecified atom stereocenters. The summed E-state index contributed by atoms with van der Waals surface area (Å²) in [5.74, 6) is -0.456. The van der Waals surface area contributed by atoms with Crippen LogP contribution in [0.2, 0.25) is 0 Å². The Morgan fingerprint density at radius 2 is 1.95 bits per heavy atom. The third-order valence-electron chi connectivity index (χ3n) is 7.00. The van der Waals surface area contributed by atoms with Crippen LogP contribution in [-0.2, 0) is 35.5 Å². The van der Waals surface area contributed by atoms with E-state index in [1.807, 2.05) is 18.2 Å². The predicted molar refractivity (Wildman–Crippen MR) is 152 cm³/mol. The van der Waals surface area contributed by atoms with Gasteiger partial charge in [-0.1, -0.05) is 36.4 Å². The molecule has 0 spiro atoms. The maximum atomic E-state index is 13.3. The number of rotatable bonds is 10. The van der Waals surface area contributed by atoms with Gasteiger partial charge >= 0.3 is 0 Å². The molecule has 2 aromatic carbocycles. The fourth-order valence-electron chi connectivity index (χ4n) is 4.73. The molecule has 0 radical (unpaired) electrons. The van der Waals surface area contributed by atoms with E-state index < -0.39 is 22.2 Å². The summed E-state index contributed by atoms with van der Waals surface area (Å²) in [5.41, 5.74) is 5.89. The maximum Gasteiger partial charge on any atom is 0.267 e. The van der Waals surface area contributed by atoms with Crippen LogP contribution in [0.3, 0.4) is 0 Å². The first-order chi connectivity index (χ1) is 19.5. The van der Waals surface area contributed by atoms with Crippen molar-refractivity contribution in [3.8, 4) is 11.1 Å². The second kappa shape index (κ2) is 13.4. The first-order valence-electron chi connectivity index (χ1n) is 13.7. The number of ether oxygens (including phenoxy) is 2. The third-order valence-corrected chi connectivity index (χ3v) is 8.63. The normalized spacial score (nSPS) is 20.0. The maximum absolute atomic E-state index is 13.3. The minimum atomic E-state index is -3.82. The minimum Gasteiger partial charge on any atom is -0.376 e. The van der Waals surface area contributed by atoms with E-state index in [2.05, 4.69) is 22.9 Å². The summed E-state index contributed by atoms with van der Waals surface area (Å²) in [6.07, 6.45) is 10.1. The Balaban J connectivity index is 1.20. The van der Waals surface area contributed by atoms with Gasteiger partial charge in [-0.3, -0.25) is 4.79 Å². The van der Waals surface area contributed by atoms with Crippen molar-refractivity contribution in [2.45, 2.75) is 49.4 Å². The van der Waals surface area contributed by atoms with Gasteiger partial charge in [0.05, 0.1) is 17.6 Å². The van der Waals surface area contributed by atoms with Crippen molar-refractivity contribution < 1.29 is 27.5 Å². The first kappa shape index (κ1) is 28.3. The fraction of sp³-hybridized carbons (Fsp3) is 0.367. The molecule has 0 aliphatic carbocycles. The average Bonchev–Trinajstić information content (AvgIpc) is 3.50. The van der Waals surface area contributed by atoms with Gasteiger partial charge < -0.3 is 14.8 Å².